The molecule has 0 aliphatic rings. The normalized spacial score (nSPS) is 10.4. The molecule has 0 aromatic heterocycles. The van der Waals surface area contributed by atoms with E-state index in [1.807, 2.05) is 6.08 Å². The van der Waals surface area contributed by atoms with Gasteiger partial charge in [0, 0.05) is 13.7 Å². The van der Waals surface area contributed by atoms with Gasteiger partial charge in [-0.2, -0.15) is 0 Å². The topological polar surface area (TPSA) is 26.3 Å². The van der Waals surface area contributed by atoms with E-state index in [-0.39, 0.29) is 5.78 Å². The van der Waals surface area contributed by atoms with Crippen LogP contribution in [0.1, 0.15) is 13.3 Å². The van der Waals surface area contributed by atoms with Crippen molar-refractivity contribution in [1.82, 2.24) is 0 Å². The Bertz CT molecular complexity index is 105. The average Bonchev–Trinajstić information content (AvgIpc) is 1.80. The molecule has 2 heteroatoms. The molecular weight excluding hydrogens is 116 g/mol. The summed E-state index contributed by atoms with van der Waals surface area (Å²) < 4.78 is 4.76. The highest BCUT2D eigenvalue weighted by atomic mass is 16.5. The Morgan fingerprint density at radius 1 is 1.67 bits per heavy atom. The number of hydrogen-bond acceptors (Lipinski definition) is 2. The Morgan fingerprint density at radius 3 is 2.78 bits per heavy atom. The summed E-state index contributed by atoms with van der Waals surface area (Å²) in [4.78, 5) is 10.3. The van der Waals surface area contributed by atoms with Gasteiger partial charge in [0.25, 0.3) is 0 Å². The van der Waals surface area contributed by atoms with Gasteiger partial charge in [0.15, 0.2) is 5.78 Å². The minimum absolute atomic E-state index is 0.0890. The molecule has 0 N–H and O–H groups in total. The van der Waals surface area contributed by atoms with E-state index in [4.69, 9.17) is 4.74 Å². The first-order valence-corrected chi connectivity index (χ1v) is 2.93. The summed E-state index contributed by atoms with van der Waals surface area (Å²) in [6, 6.07) is 0. The summed E-state index contributed by atoms with van der Waals surface area (Å²) in [6.45, 7) is 2.22. The van der Waals surface area contributed by atoms with Crippen LogP contribution in [0.4, 0.5) is 0 Å². The van der Waals surface area contributed by atoms with Crippen molar-refractivity contribution < 1.29 is 9.53 Å². The van der Waals surface area contributed by atoms with E-state index < -0.39 is 0 Å². The molecule has 9 heavy (non-hydrogen) atoms. The molecule has 0 rings (SSSR count). The number of methoxy groups -OCH3 is 1. The monoisotopic (exact) mass is 128 g/mol. The minimum atomic E-state index is 0.0890. The van der Waals surface area contributed by atoms with Gasteiger partial charge in [0.05, 0.1) is 0 Å². The Kier molecular flexibility index (Phi) is 5.12. The molecule has 0 unspecified atom stereocenters. The van der Waals surface area contributed by atoms with Crippen molar-refractivity contribution in [3.05, 3.63) is 12.2 Å². The van der Waals surface area contributed by atoms with E-state index in [1.54, 1.807) is 13.2 Å². The van der Waals surface area contributed by atoms with Crippen molar-refractivity contribution in [3.63, 3.8) is 0 Å². The molecule has 0 fully saturated rings. The van der Waals surface area contributed by atoms with Gasteiger partial charge in [-0.05, 0) is 19.4 Å². The average molecular weight is 128 g/mol. The van der Waals surface area contributed by atoms with E-state index in [2.05, 4.69) is 0 Å². The molecule has 0 aliphatic heterocycles. The highest BCUT2D eigenvalue weighted by Crippen LogP contribution is 1.83. The van der Waals surface area contributed by atoms with Crippen LogP contribution < -0.4 is 0 Å². The predicted molar refractivity (Wildman–Crippen MR) is 36.3 cm³/mol. The quantitative estimate of drug-likeness (QED) is 0.419. The SMILES string of the molecule is COCC/C=C/C(C)=O. The molecule has 0 bridgehead atoms. The number of carbonyl (C=O) groups excluding carboxylic acids is 1. The second kappa shape index (κ2) is 5.51. The lowest BCUT2D eigenvalue weighted by Gasteiger charge is -1.88. The number of hydrogen-bond donors (Lipinski definition) is 0. The van der Waals surface area contributed by atoms with Gasteiger partial charge in [-0.15, -0.1) is 0 Å². The third-order valence-electron chi connectivity index (χ3n) is 0.841. The van der Waals surface area contributed by atoms with Crippen molar-refractivity contribution >= 4 is 5.78 Å². The second-order valence-corrected chi connectivity index (χ2v) is 1.79. The molecule has 0 aromatic carbocycles. The van der Waals surface area contributed by atoms with Gasteiger partial charge in [-0.1, -0.05) is 6.08 Å². The fourth-order valence-corrected chi connectivity index (χ4v) is 0.435. The standard InChI is InChI=1S/C7H12O2/c1-7(8)5-3-4-6-9-2/h3,5H,4,6H2,1-2H3/b5-3+. The predicted octanol–water partition coefficient (Wildman–Crippen LogP) is 1.17. The third-order valence-corrected chi connectivity index (χ3v) is 0.841. The molecule has 0 atom stereocenters. The van der Waals surface area contributed by atoms with Crippen molar-refractivity contribution in [2.75, 3.05) is 13.7 Å². The number of ketones is 1. The van der Waals surface area contributed by atoms with Gasteiger partial charge in [-0.3, -0.25) is 4.79 Å². The fourth-order valence-electron chi connectivity index (χ4n) is 0.435. The zero-order valence-corrected chi connectivity index (χ0v) is 5.89. The van der Waals surface area contributed by atoms with Crippen LogP contribution in [0.3, 0.4) is 0 Å². The Labute approximate surface area is 55.5 Å². The van der Waals surface area contributed by atoms with Crippen molar-refractivity contribution in [1.29, 1.82) is 0 Å². The molecule has 0 saturated carbocycles. The summed E-state index contributed by atoms with van der Waals surface area (Å²) in [5, 5.41) is 0. The molecule has 0 radical (unpaired) electrons. The van der Waals surface area contributed by atoms with Gasteiger partial charge in [0.2, 0.25) is 0 Å². The Morgan fingerprint density at radius 2 is 2.33 bits per heavy atom. The van der Waals surface area contributed by atoms with Crippen LogP contribution in [0.5, 0.6) is 0 Å². The van der Waals surface area contributed by atoms with Crippen molar-refractivity contribution in [3.8, 4) is 0 Å². The highest BCUT2D eigenvalue weighted by Gasteiger charge is 1.80. The van der Waals surface area contributed by atoms with E-state index in [1.165, 1.54) is 6.92 Å². The molecule has 2 nitrogen and oxygen atoms in total. The summed E-state index contributed by atoms with van der Waals surface area (Å²) in [5.74, 6) is 0.0890. The van der Waals surface area contributed by atoms with Crippen LogP contribution in [0, 0.1) is 0 Å². The van der Waals surface area contributed by atoms with Crippen molar-refractivity contribution in [2.45, 2.75) is 13.3 Å². The first kappa shape index (κ1) is 8.37. The fraction of sp³-hybridized carbons (Fsp3) is 0.571. The minimum Gasteiger partial charge on any atom is -0.384 e. The summed E-state index contributed by atoms with van der Waals surface area (Å²) in [5.41, 5.74) is 0. The highest BCUT2D eigenvalue weighted by molar-refractivity contribution is 5.87. The molecule has 0 aliphatic carbocycles. The van der Waals surface area contributed by atoms with Crippen molar-refractivity contribution in [2.24, 2.45) is 0 Å². The van der Waals surface area contributed by atoms with E-state index in [9.17, 15) is 4.79 Å². The van der Waals surface area contributed by atoms with Crippen LogP contribution >= 0.6 is 0 Å². The summed E-state index contributed by atoms with van der Waals surface area (Å²) in [7, 11) is 1.64. The maximum Gasteiger partial charge on any atom is 0.152 e. The third kappa shape index (κ3) is 7.37. The summed E-state index contributed by atoms with van der Waals surface area (Å²) >= 11 is 0. The zero-order chi connectivity index (χ0) is 7.11. The Hall–Kier alpha value is -0.630. The molecule has 0 amide bonds. The summed E-state index contributed by atoms with van der Waals surface area (Å²) in [6.07, 6.45) is 4.18. The molecule has 0 heterocycles. The number of allylic oxidation sites excluding steroid dienone is 1. The van der Waals surface area contributed by atoms with E-state index >= 15 is 0 Å². The smallest absolute Gasteiger partial charge is 0.152 e. The lowest BCUT2D eigenvalue weighted by Crippen LogP contribution is -1.85. The van der Waals surface area contributed by atoms with E-state index in [0.29, 0.717) is 6.61 Å². The van der Waals surface area contributed by atoms with Gasteiger partial charge < -0.3 is 4.74 Å². The van der Waals surface area contributed by atoms with Gasteiger partial charge >= 0.3 is 0 Å². The second-order valence-electron chi connectivity index (χ2n) is 1.79. The molecule has 52 valence electrons. The van der Waals surface area contributed by atoms with Crippen LogP contribution in [0.2, 0.25) is 0 Å². The van der Waals surface area contributed by atoms with Crippen LogP contribution in [0.15, 0.2) is 12.2 Å². The lowest BCUT2D eigenvalue weighted by molar-refractivity contribution is -0.112. The van der Waals surface area contributed by atoms with Gasteiger partial charge in [-0.25, -0.2) is 0 Å². The molecule has 0 spiro atoms. The maximum atomic E-state index is 10.3. The number of ether oxygens (including phenoxy) is 1. The van der Waals surface area contributed by atoms with E-state index in [0.717, 1.165) is 6.42 Å². The molecule has 0 aromatic rings. The maximum absolute atomic E-state index is 10.3. The van der Waals surface area contributed by atoms with Gasteiger partial charge in [0.1, 0.15) is 0 Å². The number of rotatable bonds is 4. The first-order chi connectivity index (χ1) is 4.27. The molecular formula is C7H12O2. The van der Waals surface area contributed by atoms with Crippen LogP contribution in [-0.2, 0) is 9.53 Å². The lowest BCUT2D eigenvalue weighted by atomic mass is 10.3. The molecule has 0 saturated heterocycles. The van der Waals surface area contributed by atoms with Crippen LogP contribution in [-0.4, -0.2) is 19.5 Å². The van der Waals surface area contributed by atoms with Crippen LogP contribution in [0.25, 0.3) is 0 Å². The largest absolute Gasteiger partial charge is 0.384 e. The zero-order valence-electron chi connectivity index (χ0n) is 5.89. The Balaban J connectivity index is 3.15. The number of carbonyl (C=O) groups is 1. The first-order valence-electron chi connectivity index (χ1n) is 2.93.